The maximum absolute atomic E-state index is 2.33. The van der Waals surface area contributed by atoms with Crippen molar-refractivity contribution in [3.63, 3.8) is 0 Å². The Morgan fingerprint density at radius 2 is 2.00 bits per heavy atom. The molecule has 0 unspecified atom stereocenters. The molecule has 1 heteroatoms. The third-order valence-electron chi connectivity index (χ3n) is 1.44. The van der Waals surface area contributed by atoms with E-state index in [1.54, 1.807) is 5.19 Å². The topological polar surface area (TPSA) is 0 Å². The van der Waals surface area contributed by atoms with Gasteiger partial charge in [-0.3, -0.25) is 0 Å². The van der Waals surface area contributed by atoms with Crippen LogP contribution in [0.2, 0.25) is 0 Å². The molecule has 0 nitrogen and oxygen atoms in total. The van der Waals surface area contributed by atoms with E-state index < -0.39 is 0 Å². The molecule has 0 fully saturated rings. The zero-order valence-corrected chi connectivity index (χ0v) is 5.62. The second-order valence-corrected chi connectivity index (χ2v) is 3.25. The van der Waals surface area contributed by atoms with Gasteiger partial charge in [0.25, 0.3) is 0 Å². The fourth-order valence-corrected chi connectivity index (χ4v) is 1.88. The monoisotopic (exact) mass is 118 g/mol. The highest BCUT2D eigenvalue weighted by Crippen LogP contribution is 1.94. The van der Waals surface area contributed by atoms with Gasteiger partial charge in [0, 0.05) is 9.13 Å². The van der Waals surface area contributed by atoms with Crippen LogP contribution < -0.4 is 5.19 Å². The quantitative estimate of drug-likeness (QED) is 0.424. The normalized spacial score (nSPS) is 12.5. The summed E-state index contributed by atoms with van der Waals surface area (Å²) in [6.45, 7) is 0. The molecule has 38 valence electrons. The van der Waals surface area contributed by atoms with Crippen molar-refractivity contribution in [2.75, 3.05) is 0 Å². The molecule has 1 heterocycles. The molecular weight excluding hydrogens is 112 g/mol. The molecule has 0 spiro atoms. The summed E-state index contributed by atoms with van der Waals surface area (Å²) in [5.74, 6) is 0. The lowest BCUT2D eigenvalue weighted by Crippen LogP contribution is -2.24. The van der Waals surface area contributed by atoms with Gasteiger partial charge in [0.05, 0.1) is 0 Å². The van der Waals surface area contributed by atoms with Gasteiger partial charge in [0.1, 0.15) is 0 Å². The Hall–Kier alpha value is -0.693. The molecule has 0 aliphatic carbocycles. The summed E-state index contributed by atoms with van der Waals surface area (Å²) in [6.07, 6.45) is 0. The van der Waals surface area contributed by atoms with Crippen LogP contribution in [0.25, 0.3) is 0 Å². The van der Waals surface area contributed by atoms with Crippen LogP contribution in [-0.2, 0) is 0 Å². The number of hydrogen-bond acceptors (Lipinski definition) is 0. The number of benzene rings is 1. The van der Waals surface area contributed by atoms with Crippen LogP contribution in [0.3, 0.4) is 0 Å². The molecule has 2 rings (SSSR count). The minimum atomic E-state index is 0.548. The van der Waals surface area contributed by atoms with Crippen molar-refractivity contribution in [3.8, 4) is 0 Å². The van der Waals surface area contributed by atoms with Crippen molar-refractivity contribution in [3.05, 3.63) is 29.8 Å². The predicted molar refractivity (Wildman–Crippen MR) is 38.4 cm³/mol. The van der Waals surface area contributed by atoms with E-state index in [1.807, 2.05) is 0 Å². The molecule has 8 heavy (non-hydrogen) atoms. The van der Waals surface area contributed by atoms with Gasteiger partial charge >= 0.3 is 0 Å². The van der Waals surface area contributed by atoms with Gasteiger partial charge in [0.2, 0.25) is 0 Å². The van der Waals surface area contributed by atoms with Gasteiger partial charge in [-0.05, 0) is 10.8 Å². The first-order valence-electron chi connectivity index (χ1n) is 2.74. The lowest BCUT2D eigenvalue weighted by atomic mass is 10.2. The molecule has 0 aromatic heterocycles. The van der Waals surface area contributed by atoms with E-state index in [4.69, 9.17) is 0 Å². The van der Waals surface area contributed by atoms with Crippen LogP contribution in [0.15, 0.2) is 24.3 Å². The number of rotatable bonds is 0. The molecule has 1 aromatic carbocycles. The lowest BCUT2D eigenvalue weighted by Gasteiger charge is -2.06. The second-order valence-electron chi connectivity index (χ2n) is 1.96. The summed E-state index contributed by atoms with van der Waals surface area (Å²) in [5.41, 5.74) is 3.79. The Labute approximate surface area is 50.6 Å². The summed E-state index contributed by atoms with van der Waals surface area (Å²) in [4.78, 5) is 0. The molecule has 0 amide bonds. The van der Waals surface area contributed by atoms with Gasteiger partial charge in [-0.2, -0.15) is 0 Å². The van der Waals surface area contributed by atoms with Crippen molar-refractivity contribution in [2.45, 2.75) is 0 Å². The van der Waals surface area contributed by atoms with Crippen LogP contribution in [0.5, 0.6) is 0 Å². The predicted octanol–water partition coefficient (Wildman–Crippen LogP) is -0.0877. The molecule has 0 saturated heterocycles. The van der Waals surface area contributed by atoms with Crippen LogP contribution in [-0.4, -0.2) is 14.8 Å². The van der Waals surface area contributed by atoms with Gasteiger partial charge in [-0.1, -0.05) is 29.9 Å². The molecule has 1 aliphatic rings. The van der Waals surface area contributed by atoms with E-state index in [0.717, 1.165) is 0 Å². The van der Waals surface area contributed by atoms with Crippen molar-refractivity contribution < 1.29 is 0 Å². The molecule has 0 N–H and O–H groups in total. The Balaban J connectivity index is 2.69. The highest BCUT2D eigenvalue weighted by atomic mass is 28.2. The fraction of sp³-hybridized carbons (Fsp3) is 0. The molecule has 0 radical (unpaired) electrons. The van der Waals surface area contributed by atoms with E-state index in [9.17, 15) is 0 Å². The summed E-state index contributed by atoms with van der Waals surface area (Å²) in [7, 11) is 0.548. The van der Waals surface area contributed by atoms with Crippen LogP contribution in [0.1, 0.15) is 5.56 Å². The third-order valence-corrected chi connectivity index (χ3v) is 2.85. The minimum absolute atomic E-state index is 0.548. The van der Waals surface area contributed by atoms with Crippen LogP contribution in [0.4, 0.5) is 0 Å². The van der Waals surface area contributed by atoms with E-state index in [2.05, 4.69) is 29.9 Å². The molecule has 0 bridgehead atoms. The summed E-state index contributed by atoms with van der Waals surface area (Å²) >= 11 is 0. The zero-order chi connectivity index (χ0) is 5.40. The van der Waals surface area contributed by atoms with Gasteiger partial charge in [-0.25, -0.2) is 0 Å². The standard InChI is InChI=1S/C7H6Si/c1-2-4-7-6(3-1)5-8-7/h1-5,8H. The second kappa shape index (κ2) is 1.39. The lowest BCUT2D eigenvalue weighted by molar-refractivity contribution is 1.73. The number of fused-ring (bicyclic) bond motifs is 1. The van der Waals surface area contributed by atoms with E-state index in [1.165, 1.54) is 5.56 Å². The van der Waals surface area contributed by atoms with E-state index in [-0.39, 0.29) is 0 Å². The third kappa shape index (κ3) is 0.420. The van der Waals surface area contributed by atoms with Gasteiger partial charge in [0.15, 0.2) is 0 Å². The number of hydrogen-bond donors (Lipinski definition) is 0. The summed E-state index contributed by atoms with van der Waals surface area (Å²) in [6, 6.07) is 8.59. The Bertz CT molecular complexity index is 213. The Morgan fingerprint density at radius 3 is 2.38 bits per heavy atom. The van der Waals surface area contributed by atoms with E-state index >= 15 is 0 Å². The Morgan fingerprint density at radius 1 is 1.12 bits per heavy atom. The molecular formula is C7H6Si. The van der Waals surface area contributed by atoms with Gasteiger partial charge in [-0.15, -0.1) is 0 Å². The Kier molecular flexibility index (Phi) is 0.731. The first kappa shape index (κ1) is 4.21. The van der Waals surface area contributed by atoms with Crippen molar-refractivity contribution in [1.29, 1.82) is 0 Å². The zero-order valence-electron chi connectivity index (χ0n) is 4.46. The molecule has 0 atom stereocenters. The summed E-state index contributed by atoms with van der Waals surface area (Å²) in [5, 5.41) is 1.58. The highest BCUT2D eigenvalue weighted by molar-refractivity contribution is 6.72. The minimum Gasteiger partial charge on any atom is -0.0725 e. The fourth-order valence-electron chi connectivity index (χ4n) is 0.898. The maximum Gasteiger partial charge on any atom is 0.0307 e. The molecule has 1 aromatic rings. The van der Waals surface area contributed by atoms with Gasteiger partial charge < -0.3 is 0 Å². The van der Waals surface area contributed by atoms with Crippen molar-refractivity contribution in [1.82, 2.24) is 0 Å². The highest BCUT2D eigenvalue weighted by Gasteiger charge is 2.00. The maximum atomic E-state index is 2.33. The van der Waals surface area contributed by atoms with Crippen molar-refractivity contribution in [2.24, 2.45) is 0 Å². The van der Waals surface area contributed by atoms with Crippen LogP contribution in [0, 0.1) is 0 Å². The average molecular weight is 118 g/mol. The van der Waals surface area contributed by atoms with Crippen molar-refractivity contribution >= 4 is 20.0 Å². The summed E-state index contributed by atoms with van der Waals surface area (Å²) < 4.78 is 0. The van der Waals surface area contributed by atoms with E-state index in [0.29, 0.717) is 9.13 Å². The van der Waals surface area contributed by atoms with Crippen LogP contribution >= 0.6 is 0 Å². The first-order valence-corrected chi connectivity index (χ1v) is 3.98. The SMILES string of the molecule is C1=[SiH]c2ccccc21. The average Bonchev–Trinajstić information content (AvgIpc) is 1.72. The largest absolute Gasteiger partial charge is 0.0725 e. The molecule has 0 saturated carbocycles. The smallest absolute Gasteiger partial charge is 0.0307 e. The first-order chi connectivity index (χ1) is 3.97. The molecule has 1 aliphatic heterocycles.